The van der Waals surface area contributed by atoms with E-state index in [-0.39, 0.29) is 19.3 Å². The van der Waals surface area contributed by atoms with Gasteiger partial charge >= 0.3 is 0 Å². The summed E-state index contributed by atoms with van der Waals surface area (Å²) < 4.78 is 11.8. The Morgan fingerprint density at radius 1 is 1.60 bits per heavy atom. The molecule has 1 aliphatic heterocycles. The molecule has 1 atom stereocenters. The van der Waals surface area contributed by atoms with Gasteiger partial charge in [-0.15, -0.1) is 0 Å². The Morgan fingerprint density at radius 2 is 2.40 bits per heavy atom. The molecule has 1 fully saturated rings. The summed E-state index contributed by atoms with van der Waals surface area (Å²) in [5, 5.41) is 8.80. The van der Waals surface area contributed by atoms with Crippen LogP contribution in [-0.4, -0.2) is 42.4 Å². The highest BCUT2D eigenvalue weighted by atomic mass is 19.1. The van der Waals surface area contributed by atoms with Gasteiger partial charge in [-0.3, -0.25) is 4.90 Å². The molecule has 0 aromatic rings. The smallest absolute Gasteiger partial charge is 0.102 e. The summed E-state index contributed by atoms with van der Waals surface area (Å²) in [6, 6.07) is 0.232. The molecule has 0 bridgehead atoms. The van der Waals surface area contributed by atoms with E-state index < -0.39 is 0 Å². The summed E-state index contributed by atoms with van der Waals surface area (Å²) in [5.74, 6) is 0. The second-order valence-electron chi connectivity index (χ2n) is 2.70. The Kier molecular flexibility index (Phi) is 3.09. The van der Waals surface area contributed by atoms with Crippen molar-refractivity contribution in [2.45, 2.75) is 18.9 Å². The first-order chi connectivity index (χ1) is 4.88. The molecular weight excluding hydrogens is 133 g/mol. The van der Waals surface area contributed by atoms with E-state index in [1.807, 2.05) is 4.90 Å². The summed E-state index contributed by atoms with van der Waals surface area (Å²) in [7, 11) is 0. The number of aliphatic hydroxyl groups is 1. The van der Waals surface area contributed by atoms with E-state index in [9.17, 15) is 4.39 Å². The summed E-state index contributed by atoms with van der Waals surface area (Å²) >= 11 is 0. The van der Waals surface area contributed by atoms with E-state index >= 15 is 0 Å². The molecule has 0 radical (unpaired) electrons. The zero-order chi connectivity index (χ0) is 7.40. The maximum atomic E-state index is 11.8. The van der Waals surface area contributed by atoms with Crippen LogP contribution < -0.4 is 0 Å². The summed E-state index contributed by atoms with van der Waals surface area (Å²) in [5.41, 5.74) is 0. The average molecular weight is 147 g/mol. The van der Waals surface area contributed by atoms with Crippen LogP contribution in [0.2, 0.25) is 0 Å². The Bertz CT molecular complexity index is 99.6. The van der Waals surface area contributed by atoms with Gasteiger partial charge in [-0.05, 0) is 19.4 Å². The normalized spacial score (nSPS) is 27.6. The van der Waals surface area contributed by atoms with Gasteiger partial charge in [0.15, 0.2) is 0 Å². The fraction of sp³-hybridized carbons (Fsp3) is 1.00. The largest absolute Gasteiger partial charge is 0.395 e. The number of halogens is 1. The topological polar surface area (TPSA) is 23.5 Å². The third kappa shape index (κ3) is 1.67. The molecule has 0 spiro atoms. The highest BCUT2D eigenvalue weighted by Crippen LogP contribution is 2.15. The predicted molar refractivity (Wildman–Crippen MR) is 37.7 cm³/mol. The van der Waals surface area contributed by atoms with E-state index in [2.05, 4.69) is 0 Å². The second kappa shape index (κ2) is 3.88. The first-order valence-electron chi connectivity index (χ1n) is 3.79. The molecule has 1 aliphatic rings. The van der Waals surface area contributed by atoms with Crippen LogP contribution in [0.3, 0.4) is 0 Å². The maximum Gasteiger partial charge on any atom is 0.102 e. The van der Waals surface area contributed by atoms with Crippen LogP contribution in [-0.2, 0) is 0 Å². The number of aliphatic hydroxyl groups excluding tert-OH is 1. The van der Waals surface area contributed by atoms with Gasteiger partial charge in [-0.2, -0.15) is 0 Å². The van der Waals surface area contributed by atoms with Crippen molar-refractivity contribution in [2.75, 3.05) is 26.4 Å². The van der Waals surface area contributed by atoms with Crippen LogP contribution in [0.1, 0.15) is 12.8 Å². The number of nitrogens with zero attached hydrogens (tertiary/aromatic N) is 1. The van der Waals surface area contributed by atoms with E-state index in [0.717, 1.165) is 19.4 Å². The third-order valence-corrected chi connectivity index (χ3v) is 2.08. The van der Waals surface area contributed by atoms with Crippen molar-refractivity contribution in [3.63, 3.8) is 0 Å². The first-order valence-corrected chi connectivity index (χ1v) is 3.79. The Hall–Kier alpha value is -0.150. The Balaban J connectivity index is 2.27. The molecule has 1 saturated heterocycles. The molecule has 1 rings (SSSR count). The molecule has 1 heterocycles. The minimum absolute atomic E-state index is 0.181. The number of hydrogen-bond donors (Lipinski definition) is 1. The molecule has 0 aromatic heterocycles. The molecule has 0 amide bonds. The van der Waals surface area contributed by atoms with Crippen molar-refractivity contribution >= 4 is 0 Å². The van der Waals surface area contributed by atoms with Crippen molar-refractivity contribution in [3.05, 3.63) is 0 Å². The molecule has 3 heteroatoms. The molecule has 0 saturated carbocycles. The van der Waals surface area contributed by atoms with Crippen LogP contribution in [0, 0.1) is 0 Å². The third-order valence-electron chi connectivity index (χ3n) is 2.08. The predicted octanol–water partition coefficient (Wildman–Crippen LogP) is 0.413. The fourth-order valence-electron chi connectivity index (χ4n) is 1.50. The van der Waals surface area contributed by atoms with E-state index in [1.54, 1.807) is 0 Å². The fourth-order valence-corrected chi connectivity index (χ4v) is 1.50. The highest BCUT2D eigenvalue weighted by molar-refractivity contribution is 4.77. The molecule has 10 heavy (non-hydrogen) atoms. The van der Waals surface area contributed by atoms with Gasteiger partial charge in [-0.1, -0.05) is 0 Å². The van der Waals surface area contributed by atoms with Gasteiger partial charge in [0.1, 0.15) is 6.67 Å². The summed E-state index contributed by atoms with van der Waals surface area (Å²) in [6.07, 6.45) is 2.13. The average Bonchev–Trinajstić information content (AvgIpc) is 2.36. The van der Waals surface area contributed by atoms with Crippen LogP contribution in [0.4, 0.5) is 4.39 Å². The van der Waals surface area contributed by atoms with Gasteiger partial charge in [0.2, 0.25) is 0 Å². The van der Waals surface area contributed by atoms with Crippen molar-refractivity contribution in [2.24, 2.45) is 0 Å². The molecular formula is C7H14FNO. The SMILES string of the molecule is OC[C@H]1CCCN1CCF. The van der Waals surface area contributed by atoms with E-state index in [4.69, 9.17) is 5.11 Å². The Morgan fingerprint density at radius 3 is 3.00 bits per heavy atom. The minimum Gasteiger partial charge on any atom is -0.395 e. The van der Waals surface area contributed by atoms with E-state index in [0.29, 0.717) is 6.54 Å². The number of hydrogen-bond acceptors (Lipinski definition) is 2. The summed E-state index contributed by atoms with van der Waals surface area (Å²) in [4.78, 5) is 2.01. The standard InChI is InChI=1S/C7H14FNO/c8-3-5-9-4-1-2-7(9)6-10/h7,10H,1-6H2/t7-/m1/s1. The molecule has 0 aromatic carbocycles. The van der Waals surface area contributed by atoms with Gasteiger partial charge < -0.3 is 5.11 Å². The second-order valence-corrected chi connectivity index (χ2v) is 2.70. The molecule has 0 aliphatic carbocycles. The van der Waals surface area contributed by atoms with Crippen molar-refractivity contribution in [3.8, 4) is 0 Å². The van der Waals surface area contributed by atoms with Crippen LogP contribution in [0.15, 0.2) is 0 Å². The van der Waals surface area contributed by atoms with Gasteiger partial charge in [0, 0.05) is 12.6 Å². The van der Waals surface area contributed by atoms with Crippen LogP contribution in [0.5, 0.6) is 0 Å². The van der Waals surface area contributed by atoms with Crippen molar-refractivity contribution < 1.29 is 9.50 Å². The van der Waals surface area contributed by atoms with Crippen molar-refractivity contribution in [1.29, 1.82) is 0 Å². The minimum atomic E-state index is -0.295. The molecule has 2 nitrogen and oxygen atoms in total. The molecule has 1 N–H and O–H groups in total. The monoisotopic (exact) mass is 147 g/mol. The quantitative estimate of drug-likeness (QED) is 0.625. The van der Waals surface area contributed by atoms with Gasteiger partial charge in [-0.25, -0.2) is 4.39 Å². The molecule has 60 valence electrons. The first kappa shape index (κ1) is 7.95. The maximum absolute atomic E-state index is 11.8. The van der Waals surface area contributed by atoms with Crippen LogP contribution >= 0.6 is 0 Å². The van der Waals surface area contributed by atoms with E-state index in [1.165, 1.54) is 0 Å². The Labute approximate surface area is 60.6 Å². The summed E-state index contributed by atoms with van der Waals surface area (Å²) in [6.45, 7) is 1.33. The zero-order valence-corrected chi connectivity index (χ0v) is 6.09. The number of rotatable bonds is 3. The lowest BCUT2D eigenvalue weighted by Crippen LogP contribution is -2.33. The lowest BCUT2D eigenvalue weighted by atomic mass is 10.2. The number of alkyl halides is 1. The highest BCUT2D eigenvalue weighted by Gasteiger charge is 2.22. The zero-order valence-electron chi connectivity index (χ0n) is 6.09. The van der Waals surface area contributed by atoms with Crippen molar-refractivity contribution in [1.82, 2.24) is 4.90 Å². The van der Waals surface area contributed by atoms with Crippen LogP contribution in [0.25, 0.3) is 0 Å². The molecule has 0 unspecified atom stereocenters. The lowest BCUT2D eigenvalue weighted by molar-refractivity contribution is 0.151. The number of likely N-dealkylation sites (tertiary alicyclic amines) is 1. The van der Waals surface area contributed by atoms with Gasteiger partial charge in [0.25, 0.3) is 0 Å². The lowest BCUT2D eigenvalue weighted by Gasteiger charge is -2.20. The van der Waals surface area contributed by atoms with Gasteiger partial charge in [0.05, 0.1) is 6.61 Å².